The fourth-order valence-corrected chi connectivity index (χ4v) is 4.33. The number of rotatable bonds is 6. The van der Waals surface area contributed by atoms with Gasteiger partial charge in [0.05, 0.1) is 23.4 Å². The summed E-state index contributed by atoms with van der Waals surface area (Å²) in [5.74, 6) is -0.0928. The second kappa shape index (κ2) is 8.38. The number of para-hydroxylation sites is 1. The van der Waals surface area contributed by atoms with Gasteiger partial charge in [-0.15, -0.1) is 0 Å². The summed E-state index contributed by atoms with van der Waals surface area (Å²) in [6, 6.07) is 9.83. The van der Waals surface area contributed by atoms with E-state index in [1.165, 1.54) is 0 Å². The van der Waals surface area contributed by atoms with Crippen molar-refractivity contribution < 1.29 is 9.53 Å². The van der Waals surface area contributed by atoms with Crippen LogP contribution in [0.3, 0.4) is 0 Å². The Balaban J connectivity index is 1.55. The van der Waals surface area contributed by atoms with Gasteiger partial charge in [-0.05, 0) is 31.5 Å². The highest BCUT2D eigenvalue weighted by Gasteiger charge is 2.24. The van der Waals surface area contributed by atoms with Crippen LogP contribution in [0.4, 0.5) is 5.13 Å². The minimum absolute atomic E-state index is 0.0928. The molecule has 0 N–H and O–H groups in total. The maximum atomic E-state index is 13.3. The van der Waals surface area contributed by atoms with E-state index >= 15 is 0 Å². The van der Waals surface area contributed by atoms with Crippen LogP contribution in [-0.4, -0.2) is 65.0 Å². The topological polar surface area (TPSA) is 63.5 Å². The van der Waals surface area contributed by atoms with Crippen LogP contribution in [0.15, 0.2) is 30.3 Å². The number of carbonyl (C=O) groups is 1. The SMILES string of the molecule is Cc1cc(C(=O)N(CCCN2CCOCC2)c2nc3ccccc3s2)nn1C. The van der Waals surface area contributed by atoms with E-state index in [1.54, 1.807) is 20.9 Å². The maximum Gasteiger partial charge on any atom is 0.280 e. The van der Waals surface area contributed by atoms with Crippen molar-refractivity contribution in [2.45, 2.75) is 13.3 Å². The summed E-state index contributed by atoms with van der Waals surface area (Å²) in [5, 5.41) is 5.12. The van der Waals surface area contributed by atoms with Crippen molar-refractivity contribution in [1.82, 2.24) is 19.7 Å². The molecule has 1 aliphatic rings. The van der Waals surface area contributed by atoms with Crippen molar-refractivity contribution in [1.29, 1.82) is 0 Å². The minimum atomic E-state index is -0.0928. The first-order valence-electron chi connectivity index (χ1n) is 9.60. The predicted octanol–water partition coefficient (Wildman–Crippen LogP) is 2.71. The van der Waals surface area contributed by atoms with Gasteiger partial charge in [0.1, 0.15) is 0 Å². The van der Waals surface area contributed by atoms with E-state index in [4.69, 9.17) is 9.72 Å². The van der Waals surface area contributed by atoms with Gasteiger partial charge in [0.2, 0.25) is 0 Å². The van der Waals surface area contributed by atoms with Crippen molar-refractivity contribution in [3.8, 4) is 0 Å². The van der Waals surface area contributed by atoms with Gasteiger partial charge in [-0.1, -0.05) is 23.5 Å². The second-order valence-corrected chi connectivity index (χ2v) is 8.03. The lowest BCUT2D eigenvalue weighted by Gasteiger charge is -2.27. The fraction of sp³-hybridized carbons (Fsp3) is 0.450. The average Bonchev–Trinajstić information content (AvgIpc) is 3.29. The van der Waals surface area contributed by atoms with Gasteiger partial charge in [0, 0.05) is 38.9 Å². The lowest BCUT2D eigenvalue weighted by Crippen LogP contribution is -2.39. The third kappa shape index (κ3) is 4.09. The number of morpholine rings is 1. The molecule has 1 saturated heterocycles. The Morgan fingerprint density at radius 1 is 1.29 bits per heavy atom. The standard InChI is InChI=1S/C20H25N5O2S/c1-15-14-17(22-23(15)2)19(26)25(9-5-8-24-10-12-27-13-11-24)20-21-16-6-3-4-7-18(16)28-20/h3-4,6-7,14H,5,8-13H2,1-2H3. The summed E-state index contributed by atoms with van der Waals surface area (Å²) < 4.78 is 8.23. The van der Waals surface area contributed by atoms with Crippen molar-refractivity contribution in [2.24, 2.45) is 7.05 Å². The highest BCUT2D eigenvalue weighted by Crippen LogP contribution is 2.29. The normalized spacial score (nSPS) is 15.2. The van der Waals surface area contributed by atoms with E-state index in [2.05, 4.69) is 10.00 Å². The monoisotopic (exact) mass is 399 g/mol. The Kier molecular flexibility index (Phi) is 5.70. The average molecular weight is 400 g/mol. The van der Waals surface area contributed by atoms with Crippen LogP contribution in [0.1, 0.15) is 22.6 Å². The van der Waals surface area contributed by atoms with Crippen molar-refractivity contribution >= 4 is 32.6 Å². The third-order valence-electron chi connectivity index (χ3n) is 5.05. The lowest BCUT2D eigenvalue weighted by molar-refractivity contribution is 0.0376. The number of ether oxygens (including phenoxy) is 1. The Labute approximate surface area is 168 Å². The number of fused-ring (bicyclic) bond motifs is 1. The molecular weight excluding hydrogens is 374 g/mol. The highest BCUT2D eigenvalue weighted by atomic mass is 32.1. The molecule has 0 spiro atoms. The van der Waals surface area contributed by atoms with Crippen molar-refractivity contribution in [2.75, 3.05) is 44.3 Å². The van der Waals surface area contributed by atoms with E-state index in [0.29, 0.717) is 12.2 Å². The van der Waals surface area contributed by atoms with E-state index in [0.717, 1.165) is 60.3 Å². The van der Waals surface area contributed by atoms with Crippen LogP contribution in [0.2, 0.25) is 0 Å². The number of anilines is 1. The first-order valence-corrected chi connectivity index (χ1v) is 10.4. The van der Waals surface area contributed by atoms with Crippen molar-refractivity contribution in [3.05, 3.63) is 41.7 Å². The zero-order chi connectivity index (χ0) is 19.5. The molecule has 4 rings (SSSR count). The summed E-state index contributed by atoms with van der Waals surface area (Å²) in [4.78, 5) is 22.1. The second-order valence-electron chi connectivity index (χ2n) is 7.02. The Morgan fingerprint density at radius 2 is 2.07 bits per heavy atom. The molecule has 28 heavy (non-hydrogen) atoms. The van der Waals surface area contributed by atoms with E-state index in [-0.39, 0.29) is 5.91 Å². The zero-order valence-corrected chi connectivity index (χ0v) is 17.1. The van der Waals surface area contributed by atoms with Gasteiger partial charge < -0.3 is 4.74 Å². The molecule has 3 heterocycles. The van der Waals surface area contributed by atoms with Crippen LogP contribution in [-0.2, 0) is 11.8 Å². The van der Waals surface area contributed by atoms with Crippen LogP contribution in [0.25, 0.3) is 10.2 Å². The summed E-state index contributed by atoms with van der Waals surface area (Å²) >= 11 is 1.55. The zero-order valence-electron chi connectivity index (χ0n) is 16.3. The van der Waals surface area contributed by atoms with Crippen molar-refractivity contribution in [3.63, 3.8) is 0 Å². The summed E-state index contributed by atoms with van der Waals surface area (Å²) in [6.07, 6.45) is 0.882. The molecule has 148 valence electrons. The number of hydrogen-bond acceptors (Lipinski definition) is 6. The Hall–Kier alpha value is -2.29. The molecule has 0 bridgehead atoms. The van der Waals surface area contributed by atoms with Gasteiger partial charge in [0.15, 0.2) is 10.8 Å². The summed E-state index contributed by atoms with van der Waals surface area (Å²) in [6.45, 7) is 6.99. The molecule has 8 heteroatoms. The van der Waals surface area contributed by atoms with Gasteiger partial charge >= 0.3 is 0 Å². The van der Waals surface area contributed by atoms with Gasteiger partial charge in [0.25, 0.3) is 5.91 Å². The molecule has 2 aromatic heterocycles. The van der Waals surface area contributed by atoms with E-state index < -0.39 is 0 Å². The summed E-state index contributed by atoms with van der Waals surface area (Å²) in [5.41, 5.74) is 2.34. The van der Waals surface area contributed by atoms with Crippen LogP contribution >= 0.6 is 11.3 Å². The summed E-state index contributed by atoms with van der Waals surface area (Å²) in [7, 11) is 1.85. The molecule has 1 aliphatic heterocycles. The molecule has 3 aromatic rings. The Morgan fingerprint density at radius 3 is 2.79 bits per heavy atom. The number of nitrogens with zero attached hydrogens (tertiary/aromatic N) is 5. The quantitative estimate of drug-likeness (QED) is 0.638. The number of carbonyl (C=O) groups excluding carboxylic acids is 1. The first-order chi connectivity index (χ1) is 13.6. The predicted molar refractivity (Wildman–Crippen MR) is 111 cm³/mol. The molecule has 0 aliphatic carbocycles. The van der Waals surface area contributed by atoms with Gasteiger partial charge in [-0.3, -0.25) is 19.3 Å². The lowest BCUT2D eigenvalue weighted by atomic mass is 10.3. The molecule has 0 radical (unpaired) electrons. The molecule has 1 fully saturated rings. The van der Waals surface area contributed by atoms with Gasteiger partial charge in [-0.25, -0.2) is 4.98 Å². The van der Waals surface area contributed by atoms with E-state index in [9.17, 15) is 4.79 Å². The van der Waals surface area contributed by atoms with Crippen LogP contribution < -0.4 is 4.90 Å². The minimum Gasteiger partial charge on any atom is -0.379 e. The smallest absolute Gasteiger partial charge is 0.280 e. The van der Waals surface area contributed by atoms with Crippen LogP contribution in [0.5, 0.6) is 0 Å². The number of hydrogen-bond donors (Lipinski definition) is 0. The number of amides is 1. The maximum absolute atomic E-state index is 13.3. The van der Waals surface area contributed by atoms with E-state index in [1.807, 2.05) is 44.3 Å². The highest BCUT2D eigenvalue weighted by molar-refractivity contribution is 7.22. The molecule has 1 amide bonds. The number of benzene rings is 1. The third-order valence-corrected chi connectivity index (χ3v) is 6.11. The van der Waals surface area contributed by atoms with Crippen LogP contribution in [0, 0.1) is 6.92 Å². The first kappa shape index (κ1) is 19.0. The molecule has 0 saturated carbocycles. The molecule has 0 unspecified atom stereocenters. The number of thiazole rings is 1. The Bertz CT molecular complexity index is 908. The number of aryl methyl sites for hydroxylation is 2. The number of aromatic nitrogens is 3. The molecule has 0 atom stereocenters. The largest absolute Gasteiger partial charge is 0.379 e. The molecular formula is C20H25N5O2S. The fourth-order valence-electron chi connectivity index (χ4n) is 3.34. The van der Waals surface area contributed by atoms with Gasteiger partial charge in [-0.2, -0.15) is 5.10 Å². The molecule has 7 nitrogen and oxygen atoms in total. The molecule has 1 aromatic carbocycles.